The SMILES string of the molecule is CC(N)(C#N)CCCOc1cccc2ccccc12. The van der Waals surface area contributed by atoms with Crippen molar-refractivity contribution < 1.29 is 4.74 Å². The fraction of sp³-hybridized carbons (Fsp3) is 0.312. The molecule has 0 amide bonds. The normalized spacial score (nSPS) is 13.7. The molecule has 2 aromatic carbocycles. The molecule has 0 aliphatic heterocycles. The first-order valence-corrected chi connectivity index (χ1v) is 6.43. The number of nitrogens with two attached hydrogens (primary N) is 1. The summed E-state index contributed by atoms with van der Waals surface area (Å²) in [7, 11) is 0. The summed E-state index contributed by atoms with van der Waals surface area (Å²) in [5, 5.41) is 11.1. The second-order valence-electron chi connectivity index (χ2n) is 4.96. The number of nitrogens with zero attached hydrogens (tertiary/aromatic N) is 1. The van der Waals surface area contributed by atoms with Gasteiger partial charge in [0.15, 0.2) is 0 Å². The van der Waals surface area contributed by atoms with Crippen molar-refractivity contribution >= 4 is 10.8 Å². The molecule has 1 atom stereocenters. The van der Waals surface area contributed by atoms with Crippen LogP contribution >= 0.6 is 0 Å². The Bertz CT molecular complexity index is 594. The van der Waals surface area contributed by atoms with Gasteiger partial charge in [-0.05, 0) is 31.2 Å². The van der Waals surface area contributed by atoms with E-state index in [1.165, 1.54) is 5.39 Å². The van der Waals surface area contributed by atoms with E-state index >= 15 is 0 Å². The number of fused-ring (bicyclic) bond motifs is 1. The topological polar surface area (TPSA) is 59.0 Å². The molecule has 0 bridgehead atoms. The standard InChI is InChI=1S/C16H18N2O/c1-16(18,12-17)10-5-11-19-15-9-4-7-13-6-2-3-8-14(13)15/h2-4,6-9H,5,10-11,18H2,1H3. The van der Waals surface area contributed by atoms with E-state index in [0.29, 0.717) is 13.0 Å². The lowest BCUT2D eigenvalue weighted by molar-refractivity contribution is 0.299. The van der Waals surface area contributed by atoms with E-state index in [1.807, 2.05) is 30.3 Å². The molecule has 0 spiro atoms. The number of ether oxygens (including phenoxy) is 1. The van der Waals surface area contributed by atoms with E-state index < -0.39 is 5.54 Å². The smallest absolute Gasteiger partial charge is 0.127 e. The maximum absolute atomic E-state index is 8.84. The molecule has 0 fully saturated rings. The van der Waals surface area contributed by atoms with Crippen molar-refractivity contribution in [3.8, 4) is 11.8 Å². The lowest BCUT2D eigenvalue weighted by atomic mass is 10.00. The van der Waals surface area contributed by atoms with E-state index in [0.717, 1.165) is 17.6 Å². The van der Waals surface area contributed by atoms with Crippen LogP contribution in [0.4, 0.5) is 0 Å². The van der Waals surface area contributed by atoms with Gasteiger partial charge < -0.3 is 10.5 Å². The second-order valence-corrected chi connectivity index (χ2v) is 4.96. The minimum absolute atomic E-state index is 0.572. The quantitative estimate of drug-likeness (QED) is 0.833. The first kappa shape index (κ1) is 13.4. The molecule has 0 saturated carbocycles. The molecule has 19 heavy (non-hydrogen) atoms. The summed E-state index contributed by atoms with van der Waals surface area (Å²) in [6.45, 7) is 2.31. The van der Waals surface area contributed by atoms with Crippen LogP contribution < -0.4 is 10.5 Å². The fourth-order valence-electron chi connectivity index (χ4n) is 2.00. The number of rotatable bonds is 5. The summed E-state index contributed by atoms with van der Waals surface area (Å²) >= 11 is 0. The van der Waals surface area contributed by atoms with Gasteiger partial charge in [-0.1, -0.05) is 36.4 Å². The zero-order valence-corrected chi connectivity index (χ0v) is 11.1. The van der Waals surface area contributed by atoms with E-state index in [2.05, 4.69) is 18.2 Å². The Morgan fingerprint density at radius 3 is 2.74 bits per heavy atom. The van der Waals surface area contributed by atoms with Gasteiger partial charge in [0.1, 0.15) is 11.3 Å². The summed E-state index contributed by atoms with van der Waals surface area (Å²) in [6, 6.07) is 16.2. The van der Waals surface area contributed by atoms with Gasteiger partial charge >= 0.3 is 0 Å². The highest BCUT2D eigenvalue weighted by molar-refractivity contribution is 5.88. The lowest BCUT2D eigenvalue weighted by Crippen LogP contribution is -2.34. The molecule has 3 heteroatoms. The van der Waals surface area contributed by atoms with E-state index in [-0.39, 0.29) is 0 Å². The maximum Gasteiger partial charge on any atom is 0.127 e. The van der Waals surface area contributed by atoms with Crippen molar-refractivity contribution in [3.05, 3.63) is 42.5 Å². The van der Waals surface area contributed by atoms with E-state index in [9.17, 15) is 0 Å². The predicted molar refractivity (Wildman–Crippen MR) is 76.9 cm³/mol. The van der Waals surface area contributed by atoms with Gasteiger partial charge in [-0.25, -0.2) is 0 Å². The molecular formula is C16H18N2O. The number of nitriles is 1. The molecule has 0 saturated heterocycles. The Labute approximate surface area is 113 Å². The van der Waals surface area contributed by atoms with Gasteiger partial charge in [0.2, 0.25) is 0 Å². The van der Waals surface area contributed by atoms with Crippen LogP contribution in [0.5, 0.6) is 5.75 Å². The largest absolute Gasteiger partial charge is 0.493 e. The third-order valence-corrected chi connectivity index (χ3v) is 3.10. The Morgan fingerprint density at radius 1 is 1.21 bits per heavy atom. The van der Waals surface area contributed by atoms with Crippen molar-refractivity contribution in [3.63, 3.8) is 0 Å². The van der Waals surface area contributed by atoms with E-state index in [4.69, 9.17) is 15.7 Å². The van der Waals surface area contributed by atoms with Crippen molar-refractivity contribution in [1.82, 2.24) is 0 Å². The Morgan fingerprint density at radius 2 is 1.95 bits per heavy atom. The summed E-state index contributed by atoms with van der Waals surface area (Å²) < 4.78 is 5.79. The first-order chi connectivity index (χ1) is 9.12. The van der Waals surface area contributed by atoms with Crippen LogP contribution in [-0.2, 0) is 0 Å². The van der Waals surface area contributed by atoms with Crippen molar-refractivity contribution in [2.45, 2.75) is 25.3 Å². The minimum atomic E-state index is -0.762. The van der Waals surface area contributed by atoms with E-state index in [1.54, 1.807) is 6.92 Å². The Kier molecular flexibility index (Phi) is 4.03. The zero-order chi connectivity index (χ0) is 13.7. The molecular weight excluding hydrogens is 236 g/mol. The van der Waals surface area contributed by atoms with Crippen molar-refractivity contribution in [2.75, 3.05) is 6.61 Å². The van der Waals surface area contributed by atoms with Crippen LogP contribution in [0.3, 0.4) is 0 Å². The number of benzene rings is 2. The third kappa shape index (κ3) is 3.46. The van der Waals surface area contributed by atoms with Gasteiger partial charge in [-0.3, -0.25) is 0 Å². The highest BCUT2D eigenvalue weighted by atomic mass is 16.5. The lowest BCUT2D eigenvalue weighted by Gasteiger charge is -2.15. The van der Waals surface area contributed by atoms with Crippen molar-refractivity contribution in [1.29, 1.82) is 5.26 Å². The number of hydrogen-bond acceptors (Lipinski definition) is 3. The molecule has 98 valence electrons. The predicted octanol–water partition coefficient (Wildman–Crippen LogP) is 3.24. The van der Waals surface area contributed by atoms with Crippen molar-refractivity contribution in [2.24, 2.45) is 5.73 Å². The maximum atomic E-state index is 8.84. The molecule has 1 unspecified atom stereocenters. The second kappa shape index (κ2) is 5.73. The van der Waals surface area contributed by atoms with Gasteiger partial charge in [0.25, 0.3) is 0 Å². The molecule has 0 aromatic heterocycles. The minimum Gasteiger partial charge on any atom is -0.493 e. The van der Waals surface area contributed by atoms with Crippen LogP contribution in [0.2, 0.25) is 0 Å². The number of hydrogen-bond donors (Lipinski definition) is 1. The fourth-order valence-corrected chi connectivity index (χ4v) is 2.00. The molecule has 2 rings (SSSR count). The third-order valence-electron chi connectivity index (χ3n) is 3.10. The first-order valence-electron chi connectivity index (χ1n) is 6.43. The monoisotopic (exact) mass is 254 g/mol. The molecule has 0 aliphatic rings. The average molecular weight is 254 g/mol. The summed E-state index contributed by atoms with van der Waals surface area (Å²) in [6.07, 6.45) is 1.40. The molecule has 0 radical (unpaired) electrons. The van der Waals surface area contributed by atoms with Gasteiger partial charge in [-0.2, -0.15) is 5.26 Å². The highest BCUT2D eigenvalue weighted by Gasteiger charge is 2.16. The van der Waals surface area contributed by atoms with Gasteiger partial charge in [0.05, 0.1) is 12.7 Å². The van der Waals surface area contributed by atoms with Crippen LogP contribution in [0.25, 0.3) is 10.8 Å². The van der Waals surface area contributed by atoms with Gasteiger partial charge in [-0.15, -0.1) is 0 Å². The summed E-state index contributed by atoms with van der Waals surface area (Å²) in [4.78, 5) is 0. The molecule has 3 nitrogen and oxygen atoms in total. The Hall–Kier alpha value is -2.05. The van der Waals surface area contributed by atoms with Crippen LogP contribution in [-0.4, -0.2) is 12.1 Å². The van der Waals surface area contributed by atoms with Crippen LogP contribution in [0.1, 0.15) is 19.8 Å². The molecule has 0 aliphatic carbocycles. The van der Waals surface area contributed by atoms with Crippen LogP contribution in [0.15, 0.2) is 42.5 Å². The van der Waals surface area contributed by atoms with Gasteiger partial charge in [0, 0.05) is 5.39 Å². The molecule has 0 heterocycles. The van der Waals surface area contributed by atoms with Crippen LogP contribution in [0, 0.1) is 11.3 Å². The Balaban J connectivity index is 1.98. The molecule has 2 aromatic rings. The summed E-state index contributed by atoms with van der Waals surface area (Å²) in [5.41, 5.74) is 5.01. The zero-order valence-electron chi connectivity index (χ0n) is 11.1. The average Bonchev–Trinajstić information content (AvgIpc) is 2.44. The summed E-state index contributed by atoms with van der Waals surface area (Å²) in [5.74, 6) is 0.883. The molecule has 2 N–H and O–H groups in total. The highest BCUT2D eigenvalue weighted by Crippen LogP contribution is 2.25.